The minimum absolute atomic E-state index is 0.0263. The number of sulfonamides is 1. The van der Waals surface area contributed by atoms with Gasteiger partial charge in [0.2, 0.25) is 10.0 Å². The molecule has 1 aromatic rings. The smallest absolute Gasteiger partial charge is 0.240 e. The van der Waals surface area contributed by atoms with E-state index in [-0.39, 0.29) is 16.9 Å². The zero-order valence-electron chi connectivity index (χ0n) is 12.8. The molecule has 0 spiro atoms. The summed E-state index contributed by atoms with van der Waals surface area (Å²) in [6.45, 7) is 10.6. The quantitative estimate of drug-likeness (QED) is 0.894. The van der Waals surface area contributed by atoms with E-state index in [0.29, 0.717) is 11.4 Å². The third-order valence-corrected chi connectivity index (χ3v) is 6.57. The maximum atomic E-state index is 12.5. The van der Waals surface area contributed by atoms with Crippen molar-refractivity contribution in [1.82, 2.24) is 4.72 Å². The highest BCUT2D eigenvalue weighted by molar-refractivity contribution is 7.89. The molecule has 1 aliphatic rings. The van der Waals surface area contributed by atoms with Crippen molar-refractivity contribution < 1.29 is 8.42 Å². The largest absolute Gasteiger partial charge is 0.326 e. The van der Waals surface area contributed by atoms with Crippen molar-refractivity contribution in [2.75, 3.05) is 0 Å². The number of aryl methyl sites for hydroxylation is 1. The van der Waals surface area contributed by atoms with Crippen LogP contribution in [0, 0.1) is 17.8 Å². The van der Waals surface area contributed by atoms with E-state index in [1.54, 1.807) is 18.2 Å². The molecule has 0 saturated heterocycles. The topological polar surface area (TPSA) is 72.2 Å². The van der Waals surface area contributed by atoms with Gasteiger partial charge in [0.15, 0.2) is 0 Å². The summed E-state index contributed by atoms with van der Waals surface area (Å²) in [6.07, 6.45) is 0. The molecule has 0 unspecified atom stereocenters. The van der Waals surface area contributed by atoms with Crippen molar-refractivity contribution in [1.29, 1.82) is 0 Å². The van der Waals surface area contributed by atoms with Gasteiger partial charge in [0, 0.05) is 12.6 Å². The Morgan fingerprint density at radius 1 is 1.20 bits per heavy atom. The summed E-state index contributed by atoms with van der Waals surface area (Å²) < 4.78 is 27.8. The Hall–Kier alpha value is -0.910. The minimum Gasteiger partial charge on any atom is -0.326 e. The Bertz CT molecular complexity index is 619. The average molecular weight is 296 g/mol. The van der Waals surface area contributed by atoms with Gasteiger partial charge in [0.1, 0.15) is 0 Å². The third kappa shape index (κ3) is 2.28. The van der Waals surface area contributed by atoms with Gasteiger partial charge in [0.05, 0.1) is 4.90 Å². The third-order valence-electron chi connectivity index (χ3n) is 5.14. The molecule has 1 aromatic carbocycles. The molecular formula is C15H24N2O2S. The highest BCUT2D eigenvalue weighted by Crippen LogP contribution is 2.62. The van der Waals surface area contributed by atoms with Crippen LogP contribution in [0.3, 0.4) is 0 Å². The van der Waals surface area contributed by atoms with Crippen LogP contribution in [0.5, 0.6) is 0 Å². The van der Waals surface area contributed by atoms with Crippen LogP contribution in [0.2, 0.25) is 0 Å². The van der Waals surface area contributed by atoms with Crippen LogP contribution in [-0.4, -0.2) is 14.5 Å². The van der Waals surface area contributed by atoms with Crippen molar-refractivity contribution in [2.24, 2.45) is 16.6 Å². The van der Waals surface area contributed by atoms with Crippen molar-refractivity contribution in [3.05, 3.63) is 29.3 Å². The number of hydrogen-bond donors (Lipinski definition) is 2. The summed E-state index contributed by atoms with van der Waals surface area (Å²) in [7, 11) is -3.49. The van der Waals surface area contributed by atoms with Gasteiger partial charge in [-0.15, -0.1) is 0 Å². The van der Waals surface area contributed by atoms with Gasteiger partial charge in [-0.25, -0.2) is 13.1 Å². The first-order valence-corrected chi connectivity index (χ1v) is 8.34. The summed E-state index contributed by atoms with van der Waals surface area (Å²) in [4.78, 5) is 0.294. The second-order valence-electron chi connectivity index (χ2n) is 6.79. The molecule has 1 saturated carbocycles. The number of nitrogens with two attached hydrogens (primary N) is 1. The fourth-order valence-electron chi connectivity index (χ4n) is 2.75. The molecule has 5 heteroatoms. The molecule has 0 aliphatic heterocycles. The molecule has 112 valence electrons. The first kappa shape index (κ1) is 15.5. The van der Waals surface area contributed by atoms with Gasteiger partial charge in [-0.3, -0.25) is 0 Å². The summed E-state index contributed by atoms with van der Waals surface area (Å²) in [5.41, 5.74) is 7.47. The normalized spacial score (nSPS) is 20.9. The lowest BCUT2D eigenvalue weighted by Gasteiger charge is -2.11. The van der Waals surface area contributed by atoms with Crippen LogP contribution >= 0.6 is 0 Å². The molecule has 2 rings (SSSR count). The van der Waals surface area contributed by atoms with Crippen molar-refractivity contribution in [3.63, 3.8) is 0 Å². The molecule has 0 bridgehead atoms. The zero-order chi connectivity index (χ0) is 15.3. The number of rotatable bonds is 4. The van der Waals surface area contributed by atoms with Gasteiger partial charge in [-0.2, -0.15) is 0 Å². The molecule has 3 N–H and O–H groups in total. The zero-order valence-corrected chi connectivity index (χ0v) is 13.6. The first-order chi connectivity index (χ1) is 9.04. The number of nitrogens with one attached hydrogen (secondary N) is 1. The Morgan fingerprint density at radius 3 is 2.20 bits per heavy atom. The molecule has 20 heavy (non-hydrogen) atoms. The Morgan fingerprint density at radius 2 is 1.75 bits per heavy atom. The SMILES string of the molecule is Cc1ccc(S(=O)(=O)NC2C(C)(C)C2(C)C)cc1CN. The Balaban J connectivity index is 2.29. The molecule has 0 amide bonds. The molecule has 0 heterocycles. The Labute approximate surface area is 121 Å². The molecular weight excluding hydrogens is 272 g/mol. The van der Waals surface area contributed by atoms with E-state index in [1.165, 1.54) is 0 Å². The lowest BCUT2D eigenvalue weighted by atomic mass is 10.0. The van der Waals surface area contributed by atoms with Gasteiger partial charge in [-0.1, -0.05) is 33.8 Å². The number of benzene rings is 1. The van der Waals surface area contributed by atoms with E-state index < -0.39 is 10.0 Å². The van der Waals surface area contributed by atoms with Crippen LogP contribution in [0.4, 0.5) is 0 Å². The first-order valence-electron chi connectivity index (χ1n) is 6.86. The van der Waals surface area contributed by atoms with E-state index in [1.807, 2.05) is 6.92 Å². The molecule has 0 radical (unpaired) electrons. The second kappa shape index (κ2) is 4.55. The summed E-state index contributed by atoms with van der Waals surface area (Å²) in [5.74, 6) is 0. The highest BCUT2D eigenvalue weighted by atomic mass is 32.2. The van der Waals surface area contributed by atoms with Crippen LogP contribution < -0.4 is 10.5 Å². The minimum atomic E-state index is -3.49. The maximum absolute atomic E-state index is 12.5. The molecule has 0 atom stereocenters. The van der Waals surface area contributed by atoms with E-state index >= 15 is 0 Å². The molecule has 0 aromatic heterocycles. The van der Waals surface area contributed by atoms with Gasteiger partial charge >= 0.3 is 0 Å². The van der Waals surface area contributed by atoms with Crippen LogP contribution in [0.15, 0.2) is 23.1 Å². The fourth-order valence-corrected chi connectivity index (χ4v) is 4.33. The van der Waals surface area contributed by atoms with E-state index in [9.17, 15) is 8.42 Å². The molecule has 1 aliphatic carbocycles. The van der Waals surface area contributed by atoms with Gasteiger partial charge in [-0.05, 0) is 41.0 Å². The summed E-state index contributed by atoms with van der Waals surface area (Å²) in [6, 6.07) is 5.07. The van der Waals surface area contributed by atoms with Crippen LogP contribution in [0.1, 0.15) is 38.8 Å². The predicted molar refractivity (Wildman–Crippen MR) is 80.7 cm³/mol. The summed E-state index contributed by atoms with van der Waals surface area (Å²) >= 11 is 0. The van der Waals surface area contributed by atoms with E-state index in [2.05, 4.69) is 32.4 Å². The lowest BCUT2D eigenvalue weighted by Crippen LogP contribution is -2.30. The standard InChI is InChI=1S/C15H24N2O2S/c1-10-6-7-12(8-11(10)9-16)20(18,19)17-13-14(2,3)15(13,4)5/h6-8,13,17H,9,16H2,1-5H3. The maximum Gasteiger partial charge on any atom is 0.240 e. The van der Waals surface area contributed by atoms with E-state index in [4.69, 9.17) is 5.73 Å². The van der Waals surface area contributed by atoms with Crippen LogP contribution in [0.25, 0.3) is 0 Å². The number of hydrogen-bond acceptors (Lipinski definition) is 3. The van der Waals surface area contributed by atoms with Crippen molar-refractivity contribution in [2.45, 2.75) is 52.1 Å². The highest BCUT2D eigenvalue weighted by Gasteiger charge is 2.66. The van der Waals surface area contributed by atoms with Gasteiger partial charge < -0.3 is 5.73 Å². The monoisotopic (exact) mass is 296 g/mol. The predicted octanol–water partition coefficient (Wildman–Crippen LogP) is 2.17. The second-order valence-corrected chi connectivity index (χ2v) is 8.50. The average Bonchev–Trinajstić information content (AvgIpc) is 2.71. The fraction of sp³-hybridized carbons (Fsp3) is 0.600. The van der Waals surface area contributed by atoms with Crippen molar-refractivity contribution in [3.8, 4) is 0 Å². The van der Waals surface area contributed by atoms with E-state index in [0.717, 1.165) is 11.1 Å². The molecule has 4 nitrogen and oxygen atoms in total. The molecule has 1 fully saturated rings. The lowest BCUT2D eigenvalue weighted by molar-refractivity contribution is 0.457. The Kier molecular flexibility index (Phi) is 3.52. The van der Waals surface area contributed by atoms with Crippen molar-refractivity contribution >= 4 is 10.0 Å². The van der Waals surface area contributed by atoms with Crippen LogP contribution in [-0.2, 0) is 16.6 Å². The van der Waals surface area contributed by atoms with Gasteiger partial charge in [0.25, 0.3) is 0 Å². The summed E-state index contributed by atoms with van der Waals surface area (Å²) in [5, 5.41) is 0.